The topological polar surface area (TPSA) is 49.5 Å². The molecule has 1 unspecified atom stereocenters. The SMILES string of the molecule is C=CCN1N=C(C)C2N=C(c3ccccc3Cl)c3cc(F)c(OC)cc3N=C21. The lowest BCUT2D eigenvalue weighted by Gasteiger charge is -2.14. The van der Waals surface area contributed by atoms with Gasteiger partial charge in [-0.3, -0.25) is 4.99 Å². The molecule has 0 saturated carbocycles. The highest BCUT2D eigenvalue weighted by molar-refractivity contribution is 6.36. The fourth-order valence-electron chi connectivity index (χ4n) is 3.32. The summed E-state index contributed by atoms with van der Waals surface area (Å²) in [5, 5.41) is 6.84. The van der Waals surface area contributed by atoms with E-state index < -0.39 is 5.82 Å². The summed E-state index contributed by atoms with van der Waals surface area (Å²) in [6.07, 6.45) is 1.75. The van der Waals surface area contributed by atoms with Crippen LogP contribution >= 0.6 is 11.6 Å². The summed E-state index contributed by atoms with van der Waals surface area (Å²) in [6, 6.07) is 9.95. The summed E-state index contributed by atoms with van der Waals surface area (Å²) in [5.41, 5.74) is 3.18. The predicted molar refractivity (Wildman–Crippen MR) is 111 cm³/mol. The Bertz CT molecular complexity index is 1060. The van der Waals surface area contributed by atoms with E-state index in [1.807, 2.05) is 25.1 Å². The fraction of sp³-hybridized carbons (Fsp3) is 0.190. The van der Waals surface area contributed by atoms with Crippen molar-refractivity contribution in [1.82, 2.24) is 5.01 Å². The molecule has 2 aliphatic heterocycles. The van der Waals surface area contributed by atoms with Crippen LogP contribution in [-0.2, 0) is 0 Å². The van der Waals surface area contributed by atoms with Crippen molar-refractivity contribution in [2.45, 2.75) is 13.0 Å². The number of nitrogens with zero attached hydrogens (tertiary/aromatic N) is 4. The van der Waals surface area contributed by atoms with Gasteiger partial charge in [0.05, 0.1) is 30.8 Å². The molecule has 0 spiro atoms. The van der Waals surface area contributed by atoms with E-state index in [0.29, 0.717) is 39.9 Å². The van der Waals surface area contributed by atoms with Gasteiger partial charge in [-0.2, -0.15) is 5.10 Å². The number of halogens is 2. The largest absolute Gasteiger partial charge is 0.494 e. The lowest BCUT2D eigenvalue weighted by molar-refractivity contribution is 0.386. The number of methoxy groups -OCH3 is 1. The van der Waals surface area contributed by atoms with Crippen molar-refractivity contribution in [3.63, 3.8) is 0 Å². The molecule has 2 heterocycles. The van der Waals surface area contributed by atoms with Gasteiger partial charge in [0.15, 0.2) is 17.4 Å². The molecule has 0 saturated heterocycles. The van der Waals surface area contributed by atoms with Gasteiger partial charge in [0.2, 0.25) is 0 Å². The van der Waals surface area contributed by atoms with Gasteiger partial charge < -0.3 is 4.74 Å². The van der Waals surface area contributed by atoms with E-state index >= 15 is 0 Å². The third kappa shape index (κ3) is 2.99. The van der Waals surface area contributed by atoms with Gasteiger partial charge in [-0.25, -0.2) is 14.4 Å². The van der Waals surface area contributed by atoms with Gasteiger partial charge in [-0.15, -0.1) is 6.58 Å². The van der Waals surface area contributed by atoms with E-state index in [-0.39, 0.29) is 11.8 Å². The molecule has 4 rings (SSSR count). The highest BCUT2D eigenvalue weighted by atomic mass is 35.5. The Labute approximate surface area is 167 Å². The van der Waals surface area contributed by atoms with Crippen LogP contribution in [-0.4, -0.2) is 42.0 Å². The van der Waals surface area contributed by atoms with Gasteiger partial charge in [0.25, 0.3) is 0 Å². The van der Waals surface area contributed by atoms with Crippen molar-refractivity contribution in [2.75, 3.05) is 13.7 Å². The summed E-state index contributed by atoms with van der Waals surface area (Å²) in [4.78, 5) is 9.69. The number of hydrazone groups is 1. The lowest BCUT2D eigenvalue weighted by atomic mass is 10.00. The Morgan fingerprint density at radius 2 is 2.07 bits per heavy atom. The molecule has 5 nitrogen and oxygen atoms in total. The molecule has 28 heavy (non-hydrogen) atoms. The van der Waals surface area contributed by atoms with E-state index in [1.54, 1.807) is 23.2 Å². The van der Waals surface area contributed by atoms with E-state index in [1.165, 1.54) is 13.2 Å². The summed E-state index contributed by atoms with van der Waals surface area (Å²) in [6.45, 7) is 6.17. The Kier molecular flexibility index (Phi) is 4.73. The second-order valence-corrected chi connectivity index (χ2v) is 6.85. The number of hydrogen-bond acceptors (Lipinski definition) is 5. The fourth-order valence-corrected chi connectivity index (χ4v) is 3.55. The van der Waals surface area contributed by atoms with E-state index in [0.717, 1.165) is 5.71 Å². The van der Waals surface area contributed by atoms with Crippen LogP contribution in [0.1, 0.15) is 18.1 Å². The van der Waals surface area contributed by atoms with Crippen LogP contribution in [0, 0.1) is 5.82 Å². The maximum atomic E-state index is 14.6. The first-order chi connectivity index (χ1) is 13.5. The molecule has 0 fully saturated rings. The van der Waals surface area contributed by atoms with E-state index in [2.05, 4.69) is 11.7 Å². The zero-order valence-corrected chi connectivity index (χ0v) is 16.2. The van der Waals surface area contributed by atoms with Crippen LogP contribution in [0.2, 0.25) is 5.02 Å². The van der Waals surface area contributed by atoms with Crippen molar-refractivity contribution in [1.29, 1.82) is 0 Å². The van der Waals surface area contributed by atoms with Crippen LogP contribution in [0.5, 0.6) is 5.75 Å². The first-order valence-corrected chi connectivity index (χ1v) is 9.14. The zero-order chi connectivity index (χ0) is 19.8. The molecule has 0 bridgehead atoms. The first kappa shape index (κ1) is 18.4. The molecule has 142 valence electrons. The average Bonchev–Trinajstić information content (AvgIpc) is 2.86. The van der Waals surface area contributed by atoms with Crippen molar-refractivity contribution in [3.05, 3.63) is 71.0 Å². The maximum absolute atomic E-state index is 14.6. The van der Waals surface area contributed by atoms with Crippen molar-refractivity contribution in [2.24, 2.45) is 15.1 Å². The van der Waals surface area contributed by atoms with Crippen LogP contribution in [0.15, 0.2) is 64.1 Å². The van der Waals surface area contributed by atoms with E-state index in [9.17, 15) is 4.39 Å². The standard InChI is InChI=1S/C21H18ClFN4O/c1-4-9-27-21-19(12(2)26-27)25-20(13-7-5-6-8-15(13)22)14-10-16(23)18(28-3)11-17(14)24-21/h4-8,10-11,19H,1,9H2,2-3H3. The van der Waals surface area contributed by atoms with Crippen molar-refractivity contribution < 1.29 is 9.13 Å². The van der Waals surface area contributed by atoms with Crippen LogP contribution in [0.4, 0.5) is 10.1 Å². The Balaban J connectivity index is 1.99. The summed E-state index contributed by atoms with van der Waals surface area (Å²) in [5.74, 6) is 0.293. The first-order valence-electron chi connectivity index (χ1n) is 8.76. The third-order valence-electron chi connectivity index (χ3n) is 4.63. The Hall–Kier alpha value is -2.99. The summed E-state index contributed by atoms with van der Waals surface area (Å²) >= 11 is 6.44. The second-order valence-electron chi connectivity index (χ2n) is 6.45. The number of rotatable bonds is 4. The number of benzene rings is 2. The number of fused-ring (bicyclic) bond motifs is 2. The third-order valence-corrected chi connectivity index (χ3v) is 4.96. The number of hydrogen-bond donors (Lipinski definition) is 0. The quantitative estimate of drug-likeness (QED) is 0.708. The van der Waals surface area contributed by atoms with Crippen molar-refractivity contribution in [3.8, 4) is 5.75 Å². The molecule has 0 radical (unpaired) electrons. The average molecular weight is 397 g/mol. The van der Waals surface area contributed by atoms with Gasteiger partial charge in [0.1, 0.15) is 6.04 Å². The normalized spacial score (nSPS) is 17.8. The monoisotopic (exact) mass is 396 g/mol. The van der Waals surface area contributed by atoms with Gasteiger partial charge in [-0.1, -0.05) is 35.9 Å². The summed E-state index contributed by atoms with van der Waals surface area (Å²) in [7, 11) is 1.42. The van der Waals surface area contributed by atoms with Crippen LogP contribution in [0.3, 0.4) is 0 Å². The lowest BCUT2D eigenvalue weighted by Crippen LogP contribution is -2.30. The molecular formula is C21H18ClFN4O. The van der Waals surface area contributed by atoms with Gasteiger partial charge in [-0.05, 0) is 19.1 Å². The van der Waals surface area contributed by atoms with Crippen LogP contribution < -0.4 is 4.74 Å². The Morgan fingerprint density at radius 3 is 2.79 bits per heavy atom. The zero-order valence-electron chi connectivity index (χ0n) is 15.5. The highest BCUT2D eigenvalue weighted by Gasteiger charge is 2.34. The minimum absolute atomic E-state index is 0.117. The molecular weight excluding hydrogens is 379 g/mol. The Morgan fingerprint density at radius 1 is 1.29 bits per heavy atom. The van der Waals surface area contributed by atoms with Crippen molar-refractivity contribution >= 4 is 34.5 Å². The van der Waals surface area contributed by atoms with Gasteiger partial charge >= 0.3 is 0 Å². The molecule has 2 aromatic carbocycles. The molecule has 0 amide bonds. The van der Waals surface area contributed by atoms with Crippen LogP contribution in [0.25, 0.3) is 0 Å². The molecule has 2 aliphatic rings. The number of ether oxygens (including phenoxy) is 1. The number of aliphatic imine (C=N–C) groups is 2. The molecule has 2 aromatic rings. The number of amidine groups is 1. The van der Waals surface area contributed by atoms with E-state index in [4.69, 9.17) is 26.3 Å². The summed E-state index contributed by atoms with van der Waals surface area (Å²) < 4.78 is 19.7. The molecule has 1 atom stereocenters. The smallest absolute Gasteiger partial charge is 0.165 e. The predicted octanol–water partition coefficient (Wildman–Crippen LogP) is 4.61. The minimum Gasteiger partial charge on any atom is -0.494 e. The molecule has 7 heteroatoms. The molecule has 0 aliphatic carbocycles. The second kappa shape index (κ2) is 7.20. The van der Waals surface area contributed by atoms with Gasteiger partial charge in [0, 0.05) is 22.2 Å². The highest BCUT2D eigenvalue weighted by Crippen LogP contribution is 2.35. The molecule has 0 N–H and O–H groups in total. The molecule has 0 aromatic heterocycles. The minimum atomic E-state index is -0.485. The maximum Gasteiger partial charge on any atom is 0.165 e.